The maximum absolute atomic E-state index is 10.2. The van der Waals surface area contributed by atoms with Gasteiger partial charge in [0.15, 0.2) is 12.6 Å². The third kappa shape index (κ3) is 3.65. The Labute approximate surface area is 133 Å². The number of aliphatic hydroxyl groups is 4. The van der Waals surface area contributed by atoms with Crippen LogP contribution in [0.15, 0.2) is 0 Å². The van der Waals surface area contributed by atoms with Crippen LogP contribution in [0.25, 0.3) is 0 Å². The van der Waals surface area contributed by atoms with Crippen molar-refractivity contribution in [3.63, 3.8) is 0 Å². The highest BCUT2D eigenvalue weighted by atomic mass is 16.7. The van der Waals surface area contributed by atoms with Gasteiger partial charge in [0.05, 0.1) is 12.1 Å². The number of rotatable bonds is 4. The number of hydrogen-bond donors (Lipinski definition) is 8. The van der Waals surface area contributed by atoms with Crippen molar-refractivity contribution in [2.24, 2.45) is 22.9 Å². The van der Waals surface area contributed by atoms with Gasteiger partial charge in [-0.25, -0.2) is 0 Å². The van der Waals surface area contributed by atoms with Gasteiger partial charge in [-0.2, -0.15) is 0 Å². The molecule has 2 rings (SSSR count). The molecule has 2 aliphatic heterocycles. The Morgan fingerprint density at radius 3 is 1.96 bits per heavy atom. The fourth-order valence-corrected chi connectivity index (χ4v) is 2.74. The molecule has 2 saturated heterocycles. The van der Waals surface area contributed by atoms with E-state index in [0.29, 0.717) is 0 Å². The molecule has 0 saturated carbocycles. The van der Waals surface area contributed by atoms with Crippen LogP contribution in [0.4, 0.5) is 0 Å². The largest absolute Gasteiger partial charge is 0.388 e. The van der Waals surface area contributed by atoms with E-state index >= 15 is 0 Å². The van der Waals surface area contributed by atoms with Gasteiger partial charge < -0.3 is 57.6 Å². The van der Waals surface area contributed by atoms with Gasteiger partial charge in [-0.15, -0.1) is 0 Å². The van der Waals surface area contributed by atoms with Crippen molar-refractivity contribution in [1.29, 1.82) is 0 Å². The fraction of sp³-hybridized carbons (Fsp3) is 1.00. The summed E-state index contributed by atoms with van der Waals surface area (Å²) in [7, 11) is 0. The molecule has 10 atom stereocenters. The number of ether oxygens (including phenoxy) is 3. The zero-order chi connectivity index (χ0) is 17.3. The van der Waals surface area contributed by atoms with E-state index in [2.05, 4.69) is 0 Å². The molecule has 2 heterocycles. The van der Waals surface area contributed by atoms with Crippen LogP contribution in [0.3, 0.4) is 0 Å². The first-order valence-corrected chi connectivity index (χ1v) is 7.41. The van der Waals surface area contributed by atoms with Gasteiger partial charge in [0.1, 0.15) is 36.6 Å². The van der Waals surface area contributed by atoms with Gasteiger partial charge >= 0.3 is 0 Å². The smallest absolute Gasteiger partial charge is 0.176 e. The Kier molecular flexibility index (Phi) is 6.27. The summed E-state index contributed by atoms with van der Waals surface area (Å²) in [6.45, 7) is -0.119. The Morgan fingerprint density at radius 2 is 1.39 bits per heavy atom. The van der Waals surface area contributed by atoms with Crippen molar-refractivity contribution >= 4 is 0 Å². The Balaban J connectivity index is 2.11. The first kappa shape index (κ1) is 18.9. The van der Waals surface area contributed by atoms with Gasteiger partial charge in [-0.05, 0) is 0 Å². The Hall–Kier alpha value is -0.440. The van der Waals surface area contributed by atoms with Gasteiger partial charge in [0, 0.05) is 13.1 Å². The summed E-state index contributed by atoms with van der Waals surface area (Å²) in [6.07, 6.45) is -9.18. The van der Waals surface area contributed by atoms with E-state index in [1.54, 1.807) is 0 Å². The van der Waals surface area contributed by atoms with Crippen LogP contribution in [0.5, 0.6) is 0 Å². The van der Waals surface area contributed by atoms with Crippen LogP contribution in [0.1, 0.15) is 0 Å². The minimum Gasteiger partial charge on any atom is -0.388 e. The first-order valence-electron chi connectivity index (χ1n) is 7.41. The van der Waals surface area contributed by atoms with Crippen LogP contribution >= 0.6 is 0 Å². The predicted octanol–water partition coefficient (Wildman–Crippen LogP) is -5.53. The molecular formula is C12H26N4O7. The molecule has 0 spiro atoms. The highest BCUT2D eigenvalue weighted by Gasteiger charge is 2.48. The molecule has 0 aromatic carbocycles. The maximum Gasteiger partial charge on any atom is 0.176 e. The van der Waals surface area contributed by atoms with E-state index in [-0.39, 0.29) is 13.1 Å². The van der Waals surface area contributed by atoms with E-state index in [4.69, 9.17) is 37.1 Å². The minimum atomic E-state index is -1.39. The van der Waals surface area contributed by atoms with E-state index < -0.39 is 61.3 Å². The predicted molar refractivity (Wildman–Crippen MR) is 76.5 cm³/mol. The monoisotopic (exact) mass is 338 g/mol. The zero-order valence-corrected chi connectivity index (χ0v) is 12.5. The summed E-state index contributed by atoms with van der Waals surface area (Å²) < 4.78 is 16.2. The molecule has 23 heavy (non-hydrogen) atoms. The highest BCUT2D eigenvalue weighted by Crippen LogP contribution is 2.26. The van der Waals surface area contributed by atoms with Crippen molar-refractivity contribution in [2.75, 3.05) is 13.1 Å². The van der Waals surface area contributed by atoms with Crippen LogP contribution in [0, 0.1) is 0 Å². The lowest BCUT2D eigenvalue weighted by atomic mass is 9.95. The second-order valence-corrected chi connectivity index (χ2v) is 5.81. The van der Waals surface area contributed by atoms with E-state index in [9.17, 15) is 20.4 Å². The van der Waals surface area contributed by atoms with E-state index in [1.165, 1.54) is 0 Å². The van der Waals surface area contributed by atoms with Gasteiger partial charge in [0.2, 0.25) is 0 Å². The topological polar surface area (TPSA) is 213 Å². The van der Waals surface area contributed by atoms with Gasteiger partial charge in [-0.1, -0.05) is 0 Å². The molecular weight excluding hydrogens is 312 g/mol. The standard InChI is InChI=1S/C12H26N4O7/c13-1-3-7(17)8(18)6(16)12(22-3)23-10-4(2-14)21-11(20)5(15)9(10)19/h3-12,17-20H,1-2,13-16H2/t3-,4-,5-,6-,7-,8-,9-,10-,11+,12+/m1/s1. The molecule has 12 N–H and O–H groups in total. The summed E-state index contributed by atoms with van der Waals surface area (Å²) in [5, 5.41) is 39.6. The zero-order valence-electron chi connectivity index (χ0n) is 12.5. The molecule has 0 aromatic heterocycles. The van der Waals surface area contributed by atoms with Crippen LogP contribution in [-0.2, 0) is 14.2 Å². The Bertz CT molecular complexity index is 388. The summed E-state index contributed by atoms with van der Waals surface area (Å²) in [5.41, 5.74) is 22.5. The lowest BCUT2D eigenvalue weighted by molar-refractivity contribution is -0.316. The van der Waals surface area contributed by atoms with Crippen LogP contribution in [0.2, 0.25) is 0 Å². The second kappa shape index (κ2) is 7.63. The third-order valence-electron chi connectivity index (χ3n) is 4.25. The van der Waals surface area contributed by atoms with E-state index in [1.807, 2.05) is 0 Å². The average molecular weight is 338 g/mol. The van der Waals surface area contributed by atoms with E-state index in [0.717, 1.165) is 0 Å². The molecule has 0 radical (unpaired) electrons. The fourth-order valence-electron chi connectivity index (χ4n) is 2.74. The van der Waals surface area contributed by atoms with Crippen LogP contribution in [-0.4, -0.2) is 94.8 Å². The molecule has 136 valence electrons. The molecule has 0 aliphatic carbocycles. The quantitative estimate of drug-likeness (QED) is 0.242. The molecule has 0 aromatic rings. The second-order valence-electron chi connectivity index (χ2n) is 5.81. The first-order chi connectivity index (χ1) is 10.8. The van der Waals surface area contributed by atoms with Crippen molar-refractivity contribution in [3.8, 4) is 0 Å². The molecule has 0 bridgehead atoms. The number of aliphatic hydroxyl groups excluding tert-OH is 4. The average Bonchev–Trinajstić information content (AvgIpc) is 2.55. The summed E-state index contributed by atoms with van der Waals surface area (Å²) >= 11 is 0. The molecule has 0 amide bonds. The van der Waals surface area contributed by atoms with Crippen molar-refractivity contribution in [2.45, 2.75) is 61.3 Å². The van der Waals surface area contributed by atoms with Crippen molar-refractivity contribution < 1.29 is 34.6 Å². The molecule has 11 nitrogen and oxygen atoms in total. The molecule has 0 unspecified atom stereocenters. The third-order valence-corrected chi connectivity index (χ3v) is 4.25. The normalized spacial score (nSPS) is 51.7. The van der Waals surface area contributed by atoms with Crippen molar-refractivity contribution in [3.05, 3.63) is 0 Å². The Morgan fingerprint density at radius 1 is 0.783 bits per heavy atom. The van der Waals surface area contributed by atoms with Crippen molar-refractivity contribution in [1.82, 2.24) is 0 Å². The minimum absolute atomic E-state index is 0.0566. The number of hydrogen-bond acceptors (Lipinski definition) is 11. The highest BCUT2D eigenvalue weighted by molar-refractivity contribution is 4.96. The van der Waals surface area contributed by atoms with Gasteiger partial charge in [0.25, 0.3) is 0 Å². The van der Waals surface area contributed by atoms with Crippen LogP contribution < -0.4 is 22.9 Å². The SMILES string of the molecule is NC[C@H]1O[C@@H](O[C@H]2[C@H](O)[C@@H](N)[C@@H](O)O[C@@H]2CN)[C@H](N)[C@@H](O)[C@@H]1O. The lowest BCUT2D eigenvalue weighted by Gasteiger charge is -2.46. The molecule has 2 fully saturated rings. The number of nitrogens with two attached hydrogens (primary N) is 4. The van der Waals surface area contributed by atoms with Gasteiger partial charge in [-0.3, -0.25) is 0 Å². The summed E-state index contributed by atoms with van der Waals surface area (Å²) in [5.74, 6) is 0. The maximum atomic E-state index is 10.2. The lowest BCUT2D eigenvalue weighted by Crippen LogP contribution is -2.68. The summed E-state index contributed by atoms with van der Waals surface area (Å²) in [6, 6.07) is -2.19. The molecule has 11 heteroatoms. The summed E-state index contributed by atoms with van der Waals surface area (Å²) in [4.78, 5) is 0. The molecule has 2 aliphatic rings.